The van der Waals surface area contributed by atoms with Crippen LogP contribution in [0.5, 0.6) is 0 Å². The Hall–Kier alpha value is -2.63. The van der Waals surface area contributed by atoms with Gasteiger partial charge in [-0.1, -0.05) is 49.6 Å². The lowest BCUT2D eigenvalue weighted by Gasteiger charge is -2.37. The molecule has 0 amide bonds. The second-order valence-electron chi connectivity index (χ2n) is 10.2. The minimum atomic E-state index is -0.989. The van der Waals surface area contributed by atoms with Crippen molar-refractivity contribution in [2.24, 2.45) is 17.8 Å². The maximum absolute atomic E-state index is 12.5. The Kier molecular flexibility index (Phi) is 6.99. The van der Waals surface area contributed by atoms with Gasteiger partial charge >= 0.3 is 5.97 Å². The number of rotatable bonds is 5. The van der Waals surface area contributed by atoms with Crippen molar-refractivity contribution in [2.45, 2.75) is 56.7 Å². The fourth-order valence-corrected chi connectivity index (χ4v) is 7.11. The van der Waals surface area contributed by atoms with Gasteiger partial charge in [0.2, 0.25) is 0 Å². The van der Waals surface area contributed by atoms with Crippen LogP contribution in [0.1, 0.15) is 71.8 Å². The van der Waals surface area contributed by atoms with Crippen LogP contribution in [0.4, 0.5) is 0 Å². The van der Waals surface area contributed by atoms with Crippen LogP contribution in [0.2, 0.25) is 0 Å². The number of aliphatic hydroxyl groups is 1. The third-order valence-electron chi connectivity index (χ3n) is 8.60. The van der Waals surface area contributed by atoms with Crippen LogP contribution in [0.3, 0.4) is 0 Å². The average Bonchev–Trinajstić information content (AvgIpc) is 3.00. The van der Waals surface area contributed by atoms with E-state index in [2.05, 4.69) is 24.3 Å². The van der Waals surface area contributed by atoms with Gasteiger partial charge in [-0.15, -0.1) is 0 Å². The molecule has 0 radical (unpaired) electrons. The average molecular weight is 477 g/mol. The topological polar surface area (TPSA) is 65.0 Å². The highest BCUT2D eigenvalue weighted by Gasteiger charge is 2.50. The maximum Gasteiger partial charge on any atom is 0.337 e. The number of benzene rings is 1. The van der Waals surface area contributed by atoms with E-state index in [4.69, 9.17) is 14.2 Å². The molecule has 186 valence electrons. The first-order valence-corrected chi connectivity index (χ1v) is 12.8. The molecular weight excluding hydrogens is 440 g/mol. The standard InChI is InChI=1S/C30H36O5/c1-33-26-12-8-7-11-21-24(26)16-20(30(32)35-3)17-25-23-15-19(29(31)34-2)13-14-22(23)27(28(21)25)18-9-5-4-6-10-18/h7-8,11-16,18,21,25,27-28,30,32H,4-6,9-10,17H2,1-3H3. The Bertz CT molecular complexity index is 1090. The first-order valence-electron chi connectivity index (χ1n) is 12.8. The normalized spacial score (nSPS) is 28.9. The van der Waals surface area contributed by atoms with Crippen molar-refractivity contribution in [2.75, 3.05) is 21.3 Å². The summed E-state index contributed by atoms with van der Waals surface area (Å²) in [5, 5.41) is 10.8. The molecule has 5 atom stereocenters. The van der Waals surface area contributed by atoms with Crippen LogP contribution in [-0.4, -0.2) is 38.7 Å². The highest BCUT2D eigenvalue weighted by atomic mass is 16.6. The van der Waals surface area contributed by atoms with Gasteiger partial charge in [0.05, 0.1) is 19.8 Å². The highest BCUT2D eigenvalue weighted by Crippen LogP contribution is 2.60. The molecule has 0 saturated heterocycles. The molecule has 5 heteroatoms. The summed E-state index contributed by atoms with van der Waals surface area (Å²) in [5.74, 6) is 2.09. The van der Waals surface area contributed by atoms with Crippen LogP contribution in [0, 0.1) is 17.8 Å². The minimum Gasteiger partial charge on any atom is -0.496 e. The monoisotopic (exact) mass is 476 g/mol. The fourth-order valence-electron chi connectivity index (χ4n) is 7.11. The van der Waals surface area contributed by atoms with Crippen molar-refractivity contribution in [3.63, 3.8) is 0 Å². The lowest BCUT2D eigenvalue weighted by molar-refractivity contribution is -0.0474. The summed E-state index contributed by atoms with van der Waals surface area (Å²) < 4.78 is 16.3. The molecule has 5 nitrogen and oxygen atoms in total. The minimum absolute atomic E-state index is 0.132. The van der Waals surface area contributed by atoms with E-state index in [1.54, 1.807) is 7.11 Å². The number of ether oxygens (including phenoxy) is 3. The van der Waals surface area contributed by atoms with Crippen LogP contribution in [0.15, 0.2) is 65.5 Å². The highest BCUT2D eigenvalue weighted by molar-refractivity contribution is 5.89. The summed E-state index contributed by atoms with van der Waals surface area (Å²) in [6, 6.07) is 6.14. The van der Waals surface area contributed by atoms with E-state index in [0.717, 1.165) is 16.9 Å². The molecular formula is C30H36O5. The number of allylic oxidation sites excluding steroid dienone is 6. The summed E-state index contributed by atoms with van der Waals surface area (Å²) >= 11 is 0. The van der Waals surface area contributed by atoms with Crippen LogP contribution >= 0.6 is 0 Å². The number of methoxy groups -OCH3 is 3. The number of esters is 1. The van der Waals surface area contributed by atoms with E-state index in [-0.39, 0.29) is 17.8 Å². The number of carbonyl (C=O) groups excluding carboxylic acids is 1. The first-order chi connectivity index (χ1) is 17.1. The van der Waals surface area contributed by atoms with Gasteiger partial charge in [-0.25, -0.2) is 4.79 Å². The molecule has 0 aliphatic heterocycles. The molecule has 0 aromatic heterocycles. The van der Waals surface area contributed by atoms with Gasteiger partial charge in [-0.3, -0.25) is 0 Å². The van der Waals surface area contributed by atoms with Gasteiger partial charge in [0, 0.05) is 18.6 Å². The van der Waals surface area contributed by atoms with Crippen molar-refractivity contribution in [3.8, 4) is 0 Å². The smallest absolute Gasteiger partial charge is 0.337 e. The van der Waals surface area contributed by atoms with Crippen LogP contribution in [-0.2, 0) is 14.2 Å². The Labute approximate surface area is 208 Å². The molecule has 1 saturated carbocycles. The second kappa shape index (κ2) is 10.2. The zero-order valence-corrected chi connectivity index (χ0v) is 20.9. The number of carbonyl (C=O) groups is 1. The van der Waals surface area contributed by atoms with Crippen molar-refractivity contribution >= 4 is 5.97 Å². The maximum atomic E-state index is 12.5. The van der Waals surface area contributed by atoms with Gasteiger partial charge in [-0.2, -0.15) is 0 Å². The Morgan fingerprint density at radius 3 is 2.57 bits per heavy atom. The van der Waals surface area contributed by atoms with E-state index in [0.29, 0.717) is 29.7 Å². The van der Waals surface area contributed by atoms with Gasteiger partial charge in [-0.05, 0) is 77.8 Å². The largest absolute Gasteiger partial charge is 0.496 e. The molecule has 1 aromatic rings. The molecule has 5 rings (SSSR count). The van der Waals surface area contributed by atoms with E-state index in [9.17, 15) is 9.90 Å². The van der Waals surface area contributed by atoms with Gasteiger partial charge in [0.25, 0.3) is 0 Å². The summed E-state index contributed by atoms with van der Waals surface area (Å²) in [6.07, 6.45) is 16.6. The SMILES string of the molecule is COC(=O)c1ccc2c(c1)C1CC(C(O)OC)=CC3=C(OC)C=CC=CC3C1C2C1CCCCC1. The molecule has 0 heterocycles. The Morgan fingerprint density at radius 2 is 1.86 bits per heavy atom. The van der Waals surface area contributed by atoms with Crippen molar-refractivity contribution in [1.82, 2.24) is 0 Å². The van der Waals surface area contributed by atoms with Gasteiger partial charge < -0.3 is 19.3 Å². The second-order valence-corrected chi connectivity index (χ2v) is 10.2. The lowest BCUT2D eigenvalue weighted by Crippen LogP contribution is -2.28. The van der Waals surface area contributed by atoms with Crippen molar-refractivity contribution in [1.29, 1.82) is 0 Å². The summed E-state index contributed by atoms with van der Waals surface area (Å²) in [4.78, 5) is 12.5. The summed E-state index contributed by atoms with van der Waals surface area (Å²) in [7, 11) is 4.67. The van der Waals surface area contributed by atoms with E-state index in [1.165, 1.54) is 57.5 Å². The number of aliphatic hydroxyl groups excluding tert-OH is 1. The van der Waals surface area contributed by atoms with E-state index >= 15 is 0 Å². The Balaban J connectivity index is 1.71. The molecule has 4 aliphatic carbocycles. The molecule has 1 aromatic carbocycles. The molecule has 5 unspecified atom stereocenters. The van der Waals surface area contributed by atoms with E-state index < -0.39 is 6.29 Å². The van der Waals surface area contributed by atoms with Crippen LogP contribution in [0.25, 0.3) is 0 Å². The third kappa shape index (κ3) is 4.30. The predicted molar refractivity (Wildman–Crippen MR) is 135 cm³/mol. The van der Waals surface area contributed by atoms with Gasteiger partial charge in [0.1, 0.15) is 5.76 Å². The van der Waals surface area contributed by atoms with Crippen molar-refractivity contribution < 1.29 is 24.1 Å². The number of hydrogen-bond donors (Lipinski definition) is 1. The lowest BCUT2D eigenvalue weighted by atomic mass is 9.67. The zero-order chi connectivity index (χ0) is 24.5. The summed E-state index contributed by atoms with van der Waals surface area (Å²) in [5.41, 5.74) is 5.10. The fraction of sp³-hybridized carbons (Fsp3) is 0.500. The molecule has 4 aliphatic rings. The summed E-state index contributed by atoms with van der Waals surface area (Å²) in [6.45, 7) is 0. The Morgan fingerprint density at radius 1 is 1.06 bits per heavy atom. The molecule has 1 N–H and O–H groups in total. The van der Waals surface area contributed by atoms with Crippen LogP contribution < -0.4 is 0 Å². The van der Waals surface area contributed by atoms with E-state index in [1.807, 2.05) is 24.3 Å². The van der Waals surface area contributed by atoms with Crippen molar-refractivity contribution in [3.05, 3.63) is 82.2 Å². The molecule has 35 heavy (non-hydrogen) atoms. The number of hydrogen-bond acceptors (Lipinski definition) is 5. The van der Waals surface area contributed by atoms with Gasteiger partial charge in [0.15, 0.2) is 6.29 Å². The zero-order valence-electron chi connectivity index (χ0n) is 20.9. The molecule has 0 bridgehead atoms. The quantitative estimate of drug-likeness (QED) is 0.431. The first kappa shape index (κ1) is 24.1. The molecule has 0 spiro atoms. The third-order valence-corrected chi connectivity index (χ3v) is 8.60. The molecule has 1 fully saturated rings. The number of fused-ring (bicyclic) bond motifs is 5. The predicted octanol–water partition coefficient (Wildman–Crippen LogP) is 5.79.